The Balaban J connectivity index is 2.07. The molecule has 2 aromatic carbocycles. The van der Waals surface area contributed by atoms with Gasteiger partial charge in [0.05, 0.1) is 30.3 Å². The highest BCUT2D eigenvalue weighted by Crippen LogP contribution is 2.21. The van der Waals surface area contributed by atoms with Crippen molar-refractivity contribution in [3.05, 3.63) is 65.2 Å². The van der Waals surface area contributed by atoms with Crippen LogP contribution in [-0.4, -0.2) is 36.3 Å². The topological polar surface area (TPSA) is 53.4 Å². The zero-order chi connectivity index (χ0) is 17.8. The molecule has 5 nitrogen and oxygen atoms in total. The molecule has 0 saturated heterocycles. The molecule has 0 aliphatic heterocycles. The van der Waals surface area contributed by atoms with Crippen molar-refractivity contribution in [3.63, 3.8) is 0 Å². The third-order valence-corrected chi connectivity index (χ3v) is 4.07. The van der Waals surface area contributed by atoms with Gasteiger partial charge in [-0.2, -0.15) is 0 Å². The number of imidazole rings is 1. The smallest absolute Gasteiger partial charge is 0.337 e. The van der Waals surface area contributed by atoms with Gasteiger partial charge in [-0.1, -0.05) is 18.2 Å². The van der Waals surface area contributed by atoms with Gasteiger partial charge >= 0.3 is 5.97 Å². The molecule has 3 aromatic rings. The molecule has 1 heterocycles. The number of ether oxygens (including phenoxy) is 2. The first-order chi connectivity index (χ1) is 12.1. The van der Waals surface area contributed by atoms with Crippen molar-refractivity contribution in [3.8, 4) is 0 Å². The van der Waals surface area contributed by atoms with E-state index in [-0.39, 0.29) is 5.82 Å². The molecule has 0 N–H and O–H groups in total. The molecule has 3 rings (SSSR count). The highest BCUT2D eigenvalue weighted by Gasteiger charge is 2.15. The first-order valence-electron chi connectivity index (χ1n) is 7.94. The predicted molar refractivity (Wildman–Crippen MR) is 92.2 cm³/mol. The lowest BCUT2D eigenvalue weighted by Crippen LogP contribution is -2.10. The molecule has 6 heteroatoms. The molecule has 1 aromatic heterocycles. The fourth-order valence-corrected chi connectivity index (χ4v) is 2.80. The van der Waals surface area contributed by atoms with Gasteiger partial charge in [-0.25, -0.2) is 14.2 Å². The van der Waals surface area contributed by atoms with Gasteiger partial charge in [0.15, 0.2) is 0 Å². The summed E-state index contributed by atoms with van der Waals surface area (Å²) in [6, 6.07) is 11.8. The summed E-state index contributed by atoms with van der Waals surface area (Å²) in [6.07, 6.45) is 0.360. The number of carbonyl (C=O) groups is 1. The number of halogens is 1. The van der Waals surface area contributed by atoms with Gasteiger partial charge in [0, 0.05) is 20.1 Å². The van der Waals surface area contributed by atoms with E-state index in [0.29, 0.717) is 30.7 Å². The summed E-state index contributed by atoms with van der Waals surface area (Å²) in [4.78, 5) is 16.4. The molecule has 0 radical (unpaired) electrons. The Morgan fingerprint density at radius 2 is 2.00 bits per heavy atom. The summed E-state index contributed by atoms with van der Waals surface area (Å²) in [5.74, 6) is 0.0549. The number of aromatic nitrogens is 2. The Morgan fingerprint density at radius 3 is 2.72 bits per heavy atom. The number of nitrogens with zero attached hydrogens (tertiary/aromatic N) is 2. The second-order valence-electron chi connectivity index (χ2n) is 5.64. The van der Waals surface area contributed by atoms with Crippen LogP contribution in [0.5, 0.6) is 0 Å². The molecule has 0 unspecified atom stereocenters. The minimum Gasteiger partial charge on any atom is -0.465 e. The lowest BCUT2D eigenvalue weighted by molar-refractivity contribution is 0.0601. The van der Waals surface area contributed by atoms with Crippen molar-refractivity contribution in [1.29, 1.82) is 0 Å². The van der Waals surface area contributed by atoms with Crippen LogP contribution in [0.2, 0.25) is 0 Å². The minimum atomic E-state index is -0.406. The van der Waals surface area contributed by atoms with E-state index in [1.165, 1.54) is 13.2 Å². The third-order valence-electron chi connectivity index (χ3n) is 4.07. The number of hydrogen-bond acceptors (Lipinski definition) is 4. The molecule has 0 fully saturated rings. The highest BCUT2D eigenvalue weighted by atomic mass is 19.1. The van der Waals surface area contributed by atoms with E-state index in [1.807, 2.05) is 4.57 Å². The SMILES string of the molecule is COCCn1c(Cc2ccccc2F)nc2ccc(C(=O)OC)cc21. The zero-order valence-corrected chi connectivity index (χ0v) is 14.2. The first-order valence-corrected chi connectivity index (χ1v) is 7.94. The molecule has 0 aliphatic rings. The highest BCUT2D eigenvalue weighted by molar-refractivity contribution is 5.93. The summed E-state index contributed by atoms with van der Waals surface area (Å²) in [6.45, 7) is 1.04. The van der Waals surface area contributed by atoms with Gasteiger partial charge in [0.1, 0.15) is 11.6 Å². The molecule has 25 heavy (non-hydrogen) atoms. The lowest BCUT2D eigenvalue weighted by atomic mass is 10.1. The molecule has 0 atom stereocenters. The third kappa shape index (κ3) is 3.53. The van der Waals surface area contributed by atoms with Gasteiger partial charge in [-0.15, -0.1) is 0 Å². The number of esters is 1. The molecule has 0 saturated carbocycles. The van der Waals surface area contributed by atoms with Crippen LogP contribution < -0.4 is 0 Å². The standard InChI is InChI=1S/C19H19FN2O3/c1-24-10-9-22-17-11-14(19(23)25-2)7-8-16(17)21-18(22)12-13-5-3-4-6-15(13)20/h3-8,11H,9-10,12H2,1-2H3. The first kappa shape index (κ1) is 17.1. The van der Waals surface area contributed by atoms with Crippen LogP contribution in [0.1, 0.15) is 21.7 Å². The molecular weight excluding hydrogens is 323 g/mol. The van der Waals surface area contributed by atoms with E-state index >= 15 is 0 Å². The van der Waals surface area contributed by atoms with Crippen molar-refractivity contribution in [1.82, 2.24) is 9.55 Å². The second kappa shape index (κ2) is 7.44. The van der Waals surface area contributed by atoms with Crippen LogP contribution in [0.25, 0.3) is 11.0 Å². The Hall–Kier alpha value is -2.73. The van der Waals surface area contributed by atoms with Crippen LogP contribution in [0.3, 0.4) is 0 Å². The van der Waals surface area contributed by atoms with Gasteiger partial charge in [-0.05, 0) is 29.8 Å². The average molecular weight is 342 g/mol. The number of carbonyl (C=O) groups excluding carboxylic acids is 1. The fourth-order valence-electron chi connectivity index (χ4n) is 2.80. The number of methoxy groups -OCH3 is 2. The van der Waals surface area contributed by atoms with E-state index in [4.69, 9.17) is 9.47 Å². The Kier molecular flexibility index (Phi) is 5.09. The quantitative estimate of drug-likeness (QED) is 0.646. The number of fused-ring (bicyclic) bond motifs is 1. The largest absolute Gasteiger partial charge is 0.465 e. The maximum absolute atomic E-state index is 14.0. The monoisotopic (exact) mass is 342 g/mol. The van der Waals surface area contributed by atoms with Crippen LogP contribution in [0, 0.1) is 5.82 Å². The van der Waals surface area contributed by atoms with Gasteiger partial charge in [0.2, 0.25) is 0 Å². The number of benzene rings is 2. The van der Waals surface area contributed by atoms with E-state index in [1.54, 1.807) is 43.5 Å². The summed E-state index contributed by atoms with van der Waals surface area (Å²) >= 11 is 0. The second-order valence-corrected chi connectivity index (χ2v) is 5.64. The van der Waals surface area contributed by atoms with E-state index in [9.17, 15) is 9.18 Å². The van der Waals surface area contributed by atoms with Crippen molar-refractivity contribution in [2.75, 3.05) is 20.8 Å². The lowest BCUT2D eigenvalue weighted by Gasteiger charge is -2.09. The maximum atomic E-state index is 14.0. The average Bonchev–Trinajstić information content (AvgIpc) is 2.97. The Labute approximate surface area is 145 Å². The van der Waals surface area contributed by atoms with Crippen LogP contribution >= 0.6 is 0 Å². The van der Waals surface area contributed by atoms with Crippen molar-refractivity contribution < 1.29 is 18.7 Å². The van der Waals surface area contributed by atoms with Gasteiger partial charge < -0.3 is 14.0 Å². The molecule has 0 aliphatic carbocycles. The van der Waals surface area contributed by atoms with Crippen molar-refractivity contribution >= 4 is 17.0 Å². The van der Waals surface area contributed by atoms with E-state index in [2.05, 4.69) is 4.98 Å². The molecule has 0 amide bonds. The van der Waals surface area contributed by atoms with Crippen molar-refractivity contribution in [2.24, 2.45) is 0 Å². The van der Waals surface area contributed by atoms with E-state index in [0.717, 1.165) is 16.9 Å². The van der Waals surface area contributed by atoms with Gasteiger partial charge in [-0.3, -0.25) is 0 Å². The Morgan fingerprint density at radius 1 is 1.20 bits per heavy atom. The predicted octanol–water partition coefficient (Wildman–Crippen LogP) is 3.20. The summed E-state index contributed by atoms with van der Waals surface area (Å²) in [5.41, 5.74) is 2.57. The summed E-state index contributed by atoms with van der Waals surface area (Å²) in [7, 11) is 2.97. The zero-order valence-electron chi connectivity index (χ0n) is 14.2. The van der Waals surface area contributed by atoms with Crippen LogP contribution in [0.4, 0.5) is 4.39 Å². The summed E-state index contributed by atoms with van der Waals surface area (Å²) in [5, 5.41) is 0. The van der Waals surface area contributed by atoms with Crippen LogP contribution in [0.15, 0.2) is 42.5 Å². The van der Waals surface area contributed by atoms with Crippen molar-refractivity contribution in [2.45, 2.75) is 13.0 Å². The number of hydrogen-bond donors (Lipinski definition) is 0. The summed E-state index contributed by atoms with van der Waals surface area (Å²) < 4.78 is 25.9. The minimum absolute atomic E-state index is 0.261. The molecule has 0 bridgehead atoms. The van der Waals surface area contributed by atoms with Crippen LogP contribution in [-0.2, 0) is 22.4 Å². The number of rotatable bonds is 6. The van der Waals surface area contributed by atoms with E-state index < -0.39 is 5.97 Å². The molecule has 130 valence electrons. The fraction of sp³-hybridized carbons (Fsp3) is 0.263. The Bertz CT molecular complexity index is 905. The molecular formula is C19H19FN2O3. The van der Waals surface area contributed by atoms with Gasteiger partial charge in [0.25, 0.3) is 0 Å². The molecule has 0 spiro atoms. The normalized spacial score (nSPS) is 11.0. The maximum Gasteiger partial charge on any atom is 0.337 e.